The largest absolute Gasteiger partial charge is 0.258 e. The van der Waals surface area contributed by atoms with Crippen LogP contribution in [-0.2, 0) is 6.42 Å². The van der Waals surface area contributed by atoms with E-state index in [-0.39, 0.29) is 0 Å². The third kappa shape index (κ3) is 2.34. The van der Waals surface area contributed by atoms with E-state index in [1.165, 1.54) is 22.4 Å². The number of hydrogen-bond acceptors (Lipinski definition) is 2. The van der Waals surface area contributed by atoms with E-state index < -0.39 is 0 Å². The second-order valence-corrected chi connectivity index (χ2v) is 5.65. The van der Waals surface area contributed by atoms with Gasteiger partial charge in [-0.05, 0) is 38.0 Å². The van der Waals surface area contributed by atoms with E-state index >= 15 is 0 Å². The van der Waals surface area contributed by atoms with Crippen LogP contribution in [0.4, 0.5) is 5.69 Å². The molecule has 0 spiro atoms. The Bertz CT molecular complexity index is 640. The number of benzene rings is 2. The number of aryl methyl sites for hydroxylation is 1. The molecule has 0 saturated carbocycles. The van der Waals surface area contributed by atoms with Crippen molar-refractivity contribution in [2.45, 2.75) is 33.2 Å². The molecule has 1 aliphatic heterocycles. The molecule has 102 valence electrons. The summed E-state index contributed by atoms with van der Waals surface area (Å²) in [6.07, 6.45) is 1.03. The second-order valence-electron chi connectivity index (χ2n) is 5.65. The summed E-state index contributed by atoms with van der Waals surface area (Å²) in [5, 5.41) is 6.94. The zero-order valence-electron chi connectivity index (χ0n) is 12.3. The van der Waals surface area contributed by atoms with E-state index in [9.17, 15) is 0 Å². The molecule has 2 aromatic rings. The molecule has 0 fully saturated rings. The van der Waals surface area contributed by atoms with Gasteiger partial charge in [0.05, 0.1) is 11.7 Å². The van der Waals surface area contributed by atoms with E-state index in [1.807, 2.05) is 13.8 Å². The van der Waals surface area contributed by atoms with Crippen LogP contribution in [0.2, 0.25) is 0 Å². The van der Waals surface area contributed by atoms with Crippen molar-refractivity contribution in [3.05, 3.63) is 65.2 Å². The van der Waals surface area contributed by atoms with Crippen molar-refractivity contribution in [3.63, 3.8) is 0 Å². The van der Waals surface area contributed by atoms with Crippen LogP contribution in [0.3, 0.4) is 0 Å². The van der Waals surface area contributed by atoms with Gasteiger partial charge in [0, 0.05) is 12.1 Å². The van der Waals surface area contributed by atoms with Crippen molar-refractivity contribution in [2.24, 2.45) is 5.10 Å². The number of rotatable bonds is 2. The summed E-state index contributed by atoms with van der Waals surface area (Å²) in [5.74, 6) is 0. The highest BCUT2D eigenvalue weighted by atomic mass is 15.5. The van der Waals surface area contributed by atoms with Gasteiger partial charge in [0.2, 0.25) is 0 Å². The average molecular weight is 264 g/mol. The minimum atomic E-state index is 0.308. The van der Waals surface area contributed by atoms with Gasteiger partial charge < -0.3 is 0 Å². The fourth-order valence-corrected chi connectivity index (χ4v) is 2.84. The number of hydrazone groups is 1. The third-order valence-corrected chi connectivity index (χ3v) is 3.68. The maximum Gasteiger partial charge on any atom is 0.0816 e. The van der Waals surface area contributed by atoms with E-state index in [1.54, 1.807) is 0 Å². The highest BCUT2D eigenvalue weighted by molar-refractivity contribution is 5.81. The SMILES string of the molecule is CC(C)=NN1c2ccc(C)cc2CC1c1ccccc1. The predicted molar refractivity (Wildman–Crippen MR) is 85.3 cm³/mol. The zero-order chi connectivity index (χ0) is 14.1. The Morgan fingerprint density at radius 3 is 2.55 bits per heavy atom. The standard InChI is InChI=1S/C18H20N2/c1-13(2)19-20-17-10-9-14(3)11-16(17)12-18(20)15-7-5-4-6-8-15/h4-11,18H,12H2,1-3H3. The van der Waals surface area contributed by atoms with E-state index in [0.29, 0.717) is 6.04 Å². The van der Waals surface area contributed by atoms with Crippen LogP contribution < -0.4 is 5.01 Å². The molecule has 20 heavy (non-hydrogen) atoms. The molecule has 0 aromatic heterocycles. The molecule has 1 heterocycles. The van der Waals surface area contributed by atoms with Gasteiger partial charge in [0.25, 0.3) is 0 Å². The maximum atomic E-state index is 4.76. The fraction of sp³-hybridized carbons (Fsp3) is 0.278. The Labute approximate surface area is 120 Å². The maximum absolute atomic E-state index is 4.76. The molecule has 1 unspecified atom stereocenters. The summed E-state index contributed by atoms with van der Waals surface area (Å²) in [6, 6.07) is 17.6. The molecule has 0 bridgehead atoms. The highest BCUT2D eigenvalue weighted by Crippen LogP contribution is 2.41. The van der Waals surface area contributed by atoms with Crippen molar-refractivity contribution < 1.29 is 0 Å². The second kappa shape index (κ2) is 5.12. The Kier molecular flexibility index (Phi) is 3.31. The molecule has 2 nitrogen and oxygen atoms in total. The first kappa shape index (κ1) is 12.9. The van der Waals surface area contributed by atoms with Gasteiger partial charge in [-0.25, -0.2) is 0 Å². The molecule has 0 aliphatic carbocycles. The Morgan fingerprint density at radius 1 is 1.10 bits per heavy atom. The molecule has 3 rings (SSSR count). The molecule has 0 saturated heterocycles. The minimum Gasteiger partial charge on any atom is -0.258 e. The van der Waals surface area contributed by atoms with Crippen LogP contribution in [-0.4, -0.2) is 5.71 Å². The van der Waals surface area contributed by atoms with Gasteiger partial charge in [-0.1, -0.05) is 48.0 Å². The molecule has 1 atom stereocenters. The first-order chi connectivity index (χ1) is 9.65. The van der Waals surface area contributed by atoms with Crippen LogP contribution >= 0.6 is 0 Å². The van der Waals surface area contributed by atoms with Crippen molar-refractivity contribution in [2.75, 3.05) is 5.01 Å². The summed E-state index contributed by atoms with van der Waals surface area (Å²) in [7, 11) is 0. The summed E-state index contributed by atoms with van der Waals surface area (Å²) in [6.45, 7) is 6.25. The number of nitrogens with zero attached hydrogens (tertiary/aromatic N) is 2. The Morgan fingerprint density at radius 2 is 1.85 bits per heavy atom. The van der Waals surface area contributed by atoms with Gasteiger partial charge in [-0.3, -0.25) is 5.01 Å². The van der Waals surface area contributed by atoms with Crippen LogP contribution in [0.25, 0.3) is 0 Å². The van der Waals surface area contributed by atoms with Crippen LogP contribution in [0, 0.1) is 6.92 Å². The lowest BCUT2D eigenvalue weighted by Crippen LogP contribution is -2.20. The van der Waals surface area contributed by atoms with E-state index in [0.717, 1.165) is 12.1 Å². The monoisotopic (exact) mass is 264 g/mol. The van der Waals surface area contributed by atoms with E-state index in [4.69, 9.17) is 5.10 Å². The Hall–Kier alpha value is -2.09. The first-order valence-electron chi connectivity index (χ1n) is 7.10. The predicted octanol–water partition coefficient (Wildman–Crippen LogP) is 4.49. The average Bonchev–Trinajstić information content (AvgIpc) is 2.77. The lowest BCUT2D eigenvalue weighted by Gasteiger charge is -2.23. The number of fused-ring (bicyclic) bond motifs is 1. The summed E-state index contributed by atoms with van der Waals surface area (Å²) >= 11 is 0. The number of hydrogen-bond donors (Lipinski definition) is 0. The lowest BCUT2D eigenvalue weighted by atomic mass is 10.0. The van der Waals surface area contributed by atoms with Crippen molar-refractivity contribution in [1.82, 2.24) is 0 Å². The van der Waals surface area contributed by atoms with Gasteiger partial charge in [0.15, 0.2) is 0 Å². The van der Waals surface area contributed by atoms with Crippen LogP contribution in [0.5, 0.6) is 0 Å². The summed E-state index contributed by atoms with van der Waals surface area (Å²) in [5.41, 5.74) is 6.36. The molecule has 1 aliphatic rings. The summed E-state index contributed by atoms with van der Waals surface area (Å²) < 4.78 is 0. The summed E-state index contributed by atoms with van der Waals surface area (Å²) in [4.78, 5) is 0. The molecule has 2 heteroatoms. The smallest absolute Gasteiger partial charge is 0.0816 e. The minimum absolute atomic E-state index is 0.308. The van der Waals surface area contributed by atoms with Crippen molar-refractivity contribution in [3.8, 4) is 0 Å². The van der Waals surface area contributed by atoms with Gasteiger partial charge in [0.1, 0.15) is 0 Å². The lowest BCUT2D eigenvalue weighted by molar-refractivity contribution is 0.682. The molecule has 0 radical (unpaired) electrons. The fourth-order valence-electron chi connectivity index (χ4n) is 2.84. The number of anilines is 1. The molecular weight excluding hydrogens is 244 g/mol. The normalized spacial score (nSPS) is 16.9. The first-order valence-corrected chi connectivity index (χ1v) is 7.10. The molecule has 2 aromatic carbocycles. The molecule has 0 amide bonds. The topological polar surface area (TPSA) is 15.6 Å². The zero-order valence-corrected chi connectivity index (χ0v) is 12.3. The quantitative estimate of drug-likeness (QED) is 0.729. The van der Waals surface area contributed by atoms with Crippen molar-refractivity contribution in [1.29, 1.82) is 0 Å². The van der Waals surface area contributed by atoms with Crippen LogP contribution in [0.1, 0.15) is 36.6 Å². The third-order valence-electron chi connectivity index (χ3n) is 3.68. The molecule has 0 N–H and O–H groups in total. The van der Waals surface area contributed by atoms with Crippen molar-refractivity contribution >= 4 is 11.4 Å². The van der Waals surface area contributed by atoms with Gasteiger partial charge in [-0.15, -0.1) is 0 Å². The van der Waals surface area contributed by atoms with Gasteiger partial charge in [-0.2, -0.15) is 5.10 Å². The van der Waals surface area contributed by atoms with Crippen LogP contribution in [0.15, 0.2) is 53.6 Å². The Balaban J connectivity index is 2.06. The van der Waals surface area contributed by atoms with Gasteiger partial charge >= 0.3 is 0 Å². The highest BCUT2D eigenvalue weighted by Gasteiger charge is 2.30. The molecular formula is C18H20N2. The van der Waals surface area contributed by atoms with E-state index in [2.05, 4.69) is 60.5 Å².